The van der Waals surface area contributed by atoms with Crippen LogP contribution in [0.25, 0.3) is 22.6 Å². The topological polar surface area (TPSA) is 75.0 Å². The average molecular weight is 493 g/mol. The van der Waals surface area contributed by atoms with Gasteiger partial charge >= 0.3 is 0 Å². The van der Waals surface area contributed by atoms with Crippen LogP contribution in [-0.4, -0.2) is 68.9 Å². The molecule has 0 spiro atoms. The first-order chi connectivity index (χ1) is 17.7. The number of likely N-dealkylation sites (tertiary alicyclic amines) is 1. The smallest absolute Gasteiger partial charge is 0.180 e. The van der Waals surface area contributed by atoms with Crippen LogP contribution < -0.4 is 10.2 Å². The SMILES string of the molecule is CCCCC.Cn1nc(-c2ncc(NCCN3CCCC3)cn2)c2ccc(N3CCCCCC3)nc21. The van der Waals surface area contributed by atoms with Gasteiger partial charge < -0.3 is 15.1 Å². The molecule has 36 heavy (non-hydrogen) atoms. The molecule has 5 rings (SSSR count). The van der Waals surface area contributed by atoms with Crippen molar-refractivity contribution in [3.05, 3.63) is 24.5 Å². The van der Waals surface area contributed by atoms with E-state index in [9.17, 15) is 0 Å². The molecule has 8 heteroatoms. The molecular weight excluding hydrogens is 448 g/mol. The molecule has 0 saturated carbocycles. The van der Waals surface area contributed by atoms with Gasteiger partial charge in [-0.05, 0) is 50.9 Å². The van der Waals surface area contributed by atoms with Gasteiger partial charge in [-0.15, -0.1) is 0 Å². The number of pyridine rings is 1. The molecule has 3 aromatic rings. The van der Waals surface area contributed by atoms with E-state index in [-0.39, 0.29) is 0 Å². The van der Waals surface area contributed by atoms with Gasteiger partial charge in [-0.1, -0.05) is 46.0 Å². The first kappa shape index (κ1) is 26.3. The Labute approximate surface area is 216 Å². The zero-order valence-corrected chi connectivity index (χ0v) is 22.5. The third-order valence-electron chi connectivity index (χ3n) is 7.13. The minimum atomic E-state index is 0.639. The van der Waals surface area contributed by atoms with Crippen LogP contribution in [0.15, 0.2) is 24.5 Å². The maximum Gasteiger partial charge on any atom is 0.180 e. The average Bonchev–Trinajstić information content (AvgIpc) is 3.44. The summed E-state index contributed by atoms with van der Waals surface area (Å²) in [5, 5.41) is 9.12. The first-order valence-corrected chi connectivity index (χ1v) is 14.1. The summed E-state index contributed by atoms with van der Waals surface area (Å²) in [6.07, 6.45) is 15.5. The third-order valence-corrected chi connectivity index (χ3v) is 7.13. The van der Waals surface area contributed by atoms with Crippen molar-refractivity contribution in [3.63, 3.8) is 0 Å². The summed E-state index contributed by atoms with van der Waals surface area (Å²) in [7, 11) is 1.94. The molecule has 2 aliphatic heterocycles. The Hall–Kier alpha value is -2.74. The van der Waals surface area contributed by atoms with Crippen molar-refractivity contribution in [2.45, 2.75) is 71.6 Å². The van der Waals surface area contributed by atoms with Crippen LogP contribution in [0.1, 0.15) is 71.6 Å². The number of anilines is 2. The molecule has 0 amide bonds. The van der Waals surface area contributed by atoms with Crippen LogP contribution in [0.3, 0.4) is 0 Å². The van der Waals surface area contributed by atoms with Crippen LogP contribution >= 0.6 is 0 Å². The second-order valence-corrected chi connectivity index (χ2v) is 10.0. The molecule has 2 aliphatic rings. The lowest BCUT2D eigenvalue weighted by atomic mass is 10.2. The summed E-state index contributed by atoms with van der Waals surface area (Å²) in [6.45, 7) is 11.0. The lowest BCUT2D eigenvalue weighted by Crippen LogP contribution is -2.26. The van der Waals surface area contributed by atoms with E-state index in [4.69, 9.17) is 10.1 Å². The minimum Gasteiger partial charge on any atom is -0.381 e. The highest BCUT2D eigenvalue weighted by Gasteiger charge is 2.17. The molecule has 0 atom stereocenters. The summed E-state index contributed by atoms with van der Waals surface area (Å²) in [6, 6.07) is 4.24. The maximum absolute atomic E-state index is 4.94. The van der Waals surface area contributed by atoms with Gasteiger partial charge in [-0.3, -0.25) is 0 Å². The zero-order valence-electron chi connectivity index (χ0n) is 22.5. The number of fused-ring (bicyclic) bond motifs is 1. The van der Waals surface area contributed by atoms with Crippen LogP contribution in [0.2, 0.25) is 0 Å². The van der Waals surface area contributed by atoms with E-state index in [1.807, 2.05) is 24.1 Å². The molecule has 5 heterocycles. The highest BCUT2D eigenvalue weighted by molar-refractivity contribution is 5.90. The monoisotopic (exact) mass is 492 g/mol. The summed E-state index contributed by atoms with van der Waals surface area (Å²) in [5.74, 6) is 1.68. The molecule has 0 unspecified atom stereocenters. The number of nitrogens with one attached hydrogen (secondary N) is 1. The molecule has 0 bridgehead atoms. The lowest BCUT2D eigenvalue weighted by Gasteiger charge is -2.21. The number of hydrogen-bond donors (Lipinski definition) is 1. The molecule has 8 nitrogen and oxygen atoms in total. The summed E-state index contributed by atoms with van der Waals surface area (Å²) < 4.78 is 1.84. The largest absolute Gasteiger partial charge is 0.381 e. The highest BCUT2D eigenvalue weighted by atomic mass is 15.3. The van der Waals surface area contributed by atoms with Crippen molar-refractivity contribution >= 4 is 22.5 Å². The fourth-order valence-corrected chi connectivity index (χ4v) is 5.02. The van der Waals surface area contributed by atoms with E-state index in [1.54, 1.807) is 0 Å². The Bertz CT molecular complexity index is 1050. The van der Waals surface area contributed by atoms with E-state index in [0.29, 0.717) is 5.82 Å². The lowest BCUT2D eigenvalue weighted by molar-refractivity contribution is 0.352. The number of nitrogens with zero attached hydrogens (tertiary/aromatic N) is 7. The van der Waals surface area contributed by atoms with Crippen molar-refractivity contribution in [2.24, 2.45) is 7.05 Å². The van der Waals surface area contributed by atoms with E-state index >= 15 is 0 Å². The second-order valence-electron chi connectivity index (χ2n) is 10.0. The fraction of sp³-hybridized carbons (Fsp3) is 0.643. The number of unbranched alkanes of at least 4 members (excludes halogenated alkanes) is 2. The van der Waals surface area contributed by atoms with Crippen LogP contribution in [-0.2, 0) is 7.05 Å². The Morgan fingerprint density at radius 1 is 0.861 bits per heavy atom. The van der Waals surface area contributed by atoms with Gasteiger partial charge in [0.05, 0.1) is 23.5 Å². The Kier molecular flexibility index (Phi) is 9.90. The molecule has 0 aromatic carbocycles. The second kappa shape index (κ2) is 13.5. The normalized spacial score (nSPS) is 16.6. The van der Waals surface area contributed by atoms with Crippen molar-refractivity contribution in [3.8, 4) is 11.5 Å². The van der Waals surface area contributed by atoms with Gasteiger partial charge in [0.25, 0.3) is 0 Å². The van der Waals surface area contributed by atoms with Crippen molar-refractivity contribution in [2.75, 3.05) is 49.5 Å². The molecule has 196 valence electrons. The highest BCUT2D eigenvalue weighted by Crippen LogP contribution is 2.27. The zero-order chi connectivity index (χ0) is 25.2. The summed E-state index contributed by atoms with van der Waals surface area (Å²) in [5.41, 5.74) is 2.62. The predicted octanol–water partition coefficient (Wildman–Crippen LogP) is 5.51. The number of rotatable bonds is 8. The van der Waals surface area contributed by atoms with Crippen molar-refractivity contribution < 1.29 is 0 Å². The van der Waals surface area contributed by atoms with E-state index < -0.39 is 0 Å². The minimum absolute atomic E-state index is 0.639. The van der Waals surface area contributed by atoms with Crippen molar-refractivity contribution in [1.29, 1.82) is 0 Å². The van der Waals surface area contributed by atoms with E-state index in [2.05, 4.69) is 51.1 Å². The number of aromatic nitrogens is 5. The van der Waals surface area contributed by atoms with E-state index in [1.165, 1.54) is 70.9 Å². The molecule has 1 N–H and O–H groups in total. The predicted molar refractivity (Wildman–Crippen MR) is 150 cm³/mol. The standard InChI is InChI=1S/C23H32N8.C5H12/c1-29-23-19(8-9-20(27-23)31-13-4-2-3-5-14-31)21(28-29)22-25-16-18(17-26-22)24-10-15-30-11-6-7-12-30;1-3-5-4-2/h8-9,16-17,24H,2-7,10-15H2,1H3;3-5H2,1-2H3. The molecular formula is C28H44N8. The Morgan fingerprint density at radius 2 is 1.53 bits per heavy atom. The molecule has 2 fully saturated rings. The van der Waals surface area contributed by atoms with Gasteiger partial charge in [0.15, 0.2) is 11.5 Å². The summed E-state index contributed by atoms with van der Waals surface area (Å²) in [4.78, 5) is 19.0. The van der Waals surface area contributed by atoms with E-state index in [0.717, 1.165) is 54.4 Å². The van der Waals surface area contributed by atoms with Gasteiger partial charge in [0.1, 0.15) is 11.5 Å². The fourth-order valence-electron chi connectivity index (χ4n) is 5.02. The molecule has 0 aliphatic carbocycles. The van der Waals surface area contributed by atoms with Crippen LogP contribution in [0.5, 0.6) is 0 Å². The Morgan fingerprint density at radius 3 is 2.17 bits per heavy atom. The number of aryl methyl sites for hydroxylation is 1. The van der Waals surface area contributed by atoms with Gasteiger partial charge in [-0.2, -0.15) is 5.10 Å². The third kappa shape index (κ3) is 6.93. The molecule has 3 aromatic heterocycles. The van der Waals surface area contributed by atoms with Gasteiger partial charge in [0, 0.05) is 33.2 Å². The van der Waals surface area contributed by atoms with Crippen molar-refractivity contribution in [1.82, 2.24) is 29.6 Å². The Balaban J connectivity index is 0.000000556. The first-order valence-electron chi connectivity index (χ1n) is 14.1. The maximum atomic E-state index is 4.94. The van der Waals surface area contributed by atoms with Gasteiger partial charge in [0.2, 0.25) is 0 Å². The molecule has 0 radical (unpaired) electrons. The quantitative estimate of drug-likeness (QED) is 0.444. The molecule has 2 saturated heterocycles. The number of hydrogen-bond acceptors (Lipinski definition) is 7. The van der Waals surface area contributed by atoms with Gasteiger partial charge in [-0.25, -0.2) is 19.6 Å². The van der Waals surface area contributed by atoms with Crippen LogP contribution in [0, 0.1) is 0 Å². The van der Waals surface area contributed by atoms with Crippen LogP contribution in [0.4, 0.5) is 11.5 Å². The summed E-state index contributed by atoms with van der Waals surface area (Å²) >= 11 is 0.